The molecule has 7 heterocycles. The van der Waals surface area contributed by atoms with Gasteiger partial charge in [0.05, 0.1) is 11.9 Å². The third-order valence-electron chi connectivity index (χ3n) is 26.0. The van der Waals surface area contributed by atoms with Gasteiger partial charge < -0.3 is 0 Å². The summed E-state index contributed by atoms with van der Waals surface area (Å²) in [5, 5.41) is 13.9. The zero-order chi connectivity index (χ0) is 108. The lowest BCUT2D eigenvalue weighted by molar-refractivity contribution is 0.156. The molecule has 1 N–H and O–H groups in total. The molecule has 4 unspecified atom stereocenters. The van der Waals surface area contributed by atoms with E-state index in [1.165, 1.54) is 172 Å². The minimum Gasteiger partial charge on any atom is -0.282 e. The van der Waals surface area contributed by atoms with E-state index in [0.717, 1.165) is 109 Å². The number of nitrogens with zero attached hydrogens (tertiary/aromatic N) is 6. The molecule has 4 atom stereocenters. The molecule has 9 heteroatoms. The quantitative estimate of drug-likeness (QED) is 0.0465. The number of thiophene rings is 1. The molecule has 7 nitrogen and oxygen atoms in total. The zero-order valence-electron chi connectivity index (χ0n) is 101. The number of aryl methyl sites for hydroxylation is 1. The molecule has 2 saturated carbocycles. The van der Waals surface area contributed by atoms with Gasteiger partial charge in [-0.2, -0.15) is 20.8 Å². The number of aromatic amines is 1. The second kappa shape index (κ2) is 76.2. The first-order chi connectivity index (χ1) is 65.9. The van der Waals surface area contributed by atoms with Gasteiger partial charge >= 0.3 is 0 Å². The van der Waals surface area contributed by atoms with Crippen LogP contribution in [0.2, 0.25) is 0 Å². The normalized spacial score (nSPS) is 14.5. The van der Waals surface area contributed by atoms with Gasteiger partial charge in [0.15, 0.2) is 0 Å². The molecule has 11 rings (SSSR count). The Morgan fingerprint density at radius 3 is 1.16 bits per heavy atom. The van der Waals surface area contributed by atoms with Crippen LogP contribution in [0.3, 0.4) is 0 Å². The molecule has 2 aliphatic rings. The third kappa shape index (κ3) is 60.1. The van der Waals surface area contributed by atoms with Gasteiger partial charge in [0, 0.05) is 59.6 Å². The maximum absolute atomic E-state index is 4.44. The van der Waals surface area contributed by atoms with Crippen molar-refractivity contribution in [3.05, 3.63) is 245 Å². The molecule has 0 spiro atoms. The summed E-state index contributed by atoms with van der Waals surface area (Å²) in [7, 11) is 0. The topological polar surface area (TPSA) is 93.1 Å². The van der Waals surface area contributed by atoms with Crippen molar-refractivity contribution in [2.24, 2.45) is 101 Å². The summed E-state index contributed by atoms with van der Waals surface area (Å²) >= 11 is 3.42. The Labute approximate surface area is 891 Å². The second-order valence-electron chi connectivity index (χ2n) is 49.8. The van der Waals surface area contributed by atoms with Crippen LogP contribution in [-0.4, -0.2) is 34.5 Å². The summed E-state index contributed by atoms with van der Waals surface area (Å²) in [5.41, 5.74) is 26.9. The van der Waals surface area contributed by atoms with Crippen LogP contribution in [-0.2, 0) is 51.4 Å². The summed E-state index contributed by atoms with van der Waals surface area (Å²) in [6.45, 7) is 106. The molecule has 142 heavy (non-hydrogen) atoms. The second-order valence-corrected chi connectivity index (χ2v) is 51.2. The van der Waals surface area contributed by atoms with Gasteiger partial charge in [0.25, 0.3) is 0 Å². The van der Waals surface area contributed by atoms with Gasteiger partial charge in [0.1, 0.15) is 0 Å². The van der Waals surface area contributed by atoms with Crippen LogP contribution >= 0.6 is 22.9 Å². The Balaban J connectivity index is 0. The van der Waals surface area contributed by atoms with E-state index >= 15 is 0 Å². The van der Waals surface area contributed by atoms with Crippen molar-refractivity contribution in [3.8, 4) is 0 Å². The van der Waals surface area contributed by atoms with Gasteiger partial charge in [-0.1, -0.05) is 406 Å². The fourth-order valence-corrected chi connectivity index (χ4v) is 21.4. The van der Waals surface area contributed by atoms with Crippen LogP contribution in [0.25, 0.3) is 0 Å². The number of aromatic nitrogens is 7. The summed E-state index contributed by atoms with van der Waals surface area (Å²) in [6, 6.07) is 28.0. The maximum atomic E-state index is 4.44. The highest BCUT2D eigenvalue weighted by Gasteiger charge is 2.31. The van der Waals surface area contributed by atoms with Crippen LogP contribution in [0.1, 0.15) is 536 Å². The molecular formula is C133H229N7S2. The Morgan fingerprint density at radius 2 is 0.690 bits per heavy atom. The van der Waals surface area contributed by atoms with Crippen molar-refractivity contribution in [3.63, 3.8) is 0 Å². The largest absolute Gasteiger partial charge is 0.282 e. The Morgan fingerprint density at radius 1 is 0.296 bits per heavy atom. The van der Waals surface area contributed by atoms with Crippen molar-refractivity contribution in [2.75, 3.05) is 0 Å². The molecule has 0 amide bonds. The van der Waals surface area contributed by atoms with Crippen molar-refractivity contribution in [1.82, 2.24) is 34.5 Å². The maximum Gasteiger partial charge on any atom is 0.0599 e. The fraction of sp³-hybridized carbons (Fsp3) is 0.684. The van der Waals surface area contributed by atoms with Crippen LogP contribution < -0.4 is 0 Å². The van der Waals surface area contributed by atoms with Gasteiger partial charge in [-0.05, 0) is 375 Å². The van der Waals surface area contributed by atoms with Crippen LogP contribution in [0, 0.1) is 114 Å². The number of nitrogens with one attached hydrogen (secondary N) is 1. The Bertz CT molecular complexity index is 4080. The SMILES string of the molecule is C.CC(C)C.CC(C)CC1CCCC1C(C)C.CC(C)CC1CCCCC1C(C)C.CC(C)Cc1ccccc1C(C)C.CC(C)Cc1cccnc1C(C)C.CC(C)Cc1ccncc1C(C)C.CC(C)Cc1cn[nH]c1C(C)C.CC(C)Cc1cnccc1C(C)C.CC(C)Cc1cscc1C(C)C.CC(C)Cc1csnc1C(C)C.CC(C)Cc1ncccc1C(C)C.Cc1cccc(C(C)C)c1C. The minimum atomic E-state index is 0. The standard InChI is InChI=1S/C13H26.C13H20.4C12H19N.C12H24.C11H18S.C11H16.C10H18N2.C10H17NS.C4H10.CH4/c2*1-10(2)9-12-7-5-6-8-13(12)11(3)4;1-9(2)7-11-8-13-6-5-12(11)10(3)4;1-9(2)7-11-5-6-13-8-12(11)10(3)4;1-9(2)8-12-11(10(3)4)6-5-7-13-12;1-9(2)8-11-6-5-7-13-12(11)10(3)4;1-9(2)8-11-6-5-7-12(11)10(3)4;1-8(2)5-10-6-12-7-11(10)9(3)4;1-8(2)11-7-5-6-9(3)10(11)4;1-7(2)5-9-6-11-12-10(9)8(3)4;1-7(2)5-9-6-12-11-10(9)8(3)4;1-4(2)3;/h10-13H,5-9H2,1-4H3;5-8,10-11H,9H2,1-4H3;2*5-6,8-10H,7H2,1-4H3;2*5-7,9-10H,8H2,1-4H3;9-12H,5-8H2,1-4H3;6-9H,5H2,1-4H3;5-8H,1-4H3;6-8H,5H2,1-4H3,(H,11,12);6-8H,5H2,1-4H3;4H,1-3H3;1H4. The van der Waals surface area contributed by atoms with E-state index in [1.54, 1.807) is 22.7 Å². The molecule has 0 bridgehead atoms. The average Bonchev–Trinajstić information content (AvgIpc) is 1.09. The summed E-state index contributed by atoms with van der Waals surface area (Å²) in [6.07, 6.45) is 36.2. The average molecular weight is 1990 g/mol. The van der Waals surface area contributed by atoms with Crippen molar-refractivity contribution >= 4 is 22.9 Å². The fourth-order valence-electron chi connectivity index (χ4n) is 19.5. The molecule has 7 aromatic heterocycles. The molecule has 808 valence electrons. The highest BCUT2D eigenvalue weighted by molar-refractivity contribution is 7.08. The third-order valence-corrected chi connectivity index (χ3v) is 27.5. The van der Waals surface area contributed by atoms with Gasteiger partial charge in [0.2, 0.25) is 0 Å². The van der Waals surface area contributed by atoms with Gasteiger partial charge in [-0.25, -0.2) is 0 Å². The van der Waals surface area contributed by atoms with Gasteiger partial charge in [-0.15, -0.1) is 0 Å². The number of hydrogen-bond acceptors (Lipinski definition) is 8. The van der Waals surface area contributed by atoms with Crippen LogP contribution in [0.5, 0.6) is 0 Å². The molecule has 0 saturated heterocycles. The van der Waals surface area contributed by atoms with Crippen LogP contribution in [0.4, 0.5) is 0 Å². The predicted molar refractivity (Wildman–Crippen MR) is 642 cm³/mol. The molecule has 2 fully saturated rings. The van der Waals surface area contributed by atoms with E-state index in [4.69, 9.17) is 0 Å². The number of hydrogen-bond donors (Lipinski definition) is 1. The summed E-state index contributed by atoms with van der Waals surface area (Å²) in [4.78, 5) is 17.2. The first kappa shape index (κ1) is 138. The van der Waals surface area contributed by atoms with E-state index in [0.29, 0.717) is 76.9 Å². The molecule has 9 aromatic rings. The number of pyridine rings is 4. The van der Waals surface area contributed by atoms with E-state index in [1.807, 2.05) is 66.8 Å². The molecule has 2 aromatic carbocycles. The zero-order valence-corrected chi connectivity index (χ0v) is 102. The number of rotatable bonds is 31. The summed E-state index contributed by atoms with van der Waals surface area (Å²) in [5.74, 6) is 19.8. The van der Waals surface area contributed by atoms with Gasteiger partial charge in [-0.3, -0.25) is 25.0 Å². The lowest BCUT2D eigenvalue weighted by atomic mass is 9.71. The number of H-pyrrole nitrogens is 1. The lowest BCUT2D eigenvalue weighted by Crippen LogP contribution is -2.25. The monoisotopic (exact) mass is 1990 g/mol. The molecule has 2 aliphatic carbocycles. The van der Waals surface area contributed by atoms with Crippen molar-refractivity contribution < 1.29 is 0 Å². The van der Waals surface area contributed by atoms with Crippen molar-refractivity contribution in [1.29, 1.82) is 0 Å². The van der Waals surface area contributed by atoms with Crippen LogP contribution in [0.15, 0.2) is 138 Å². The Kier molecular flexibility index (Phi) is 73.8. The van der Waals surface area contributed by atoms with Crippen molar-refractivity contribution in [2.45, 2.75) is 495 Å². The molecular weight excluding hydrogens is 1760 g/mol. The highest BCUT2D eigenvalue weighted by Crippen LogP contribution is 2.42. The lowest BCUT2D eigenvalue weighted by Gasteiger charge is -2.35. The molecule has 0 radical (unpaired) electrons. The minimum absolute atomic E-state index is 0. The smallest absolute Gasteiger partial charge is 0.0599 e. The summed E-state index contributed by atoms with van der Waals surface area (Å²) < 4.78 is 4.41. The first-order valence-electron chi connectivity index (χ1n) is 56.8. The molecule has 0 aliphatic heterocycles. The predicted octanol–water partition coefficient (Wildman–Crippen LogP) is 42.2. The number of benzene rings is 2. The van der Waals surface area contributed by atoms with E-state index in [2.05, 4.69) is 443 Å². The first-order valence-corrected chi connectivity index (χ1v) is 58.6. The van der Waals surface area contributed by atoms with E-state index in [-0.39, 0.29) is 7.43 Å². The highest BCUT2D eigenvalue weighted by atomic mass is 32.1. The Hall–Kier alpha value is -6.42. The van der Waals surface area contributed by atoms with E-state index < -0.39 is 0 Å². The van der Waals surface area contributed by atoms with E-state index in [9.17, 15) is 0 Å².